The van der Waals surface area contributed by atoms with Crippen LogP contribution in [0.4, 0.5) is 0 Å². The summed E-state index contributed by atoms with van der Waals surface area (Å²) in [5, 5.41) is 6.91. The predicted octanol–water partition coefficient (Wildman–Crippen LogP) is 2.80. The SMILES string of the molecule is CN=C(NCCOc1cccc(Cl)c1Cl)N1CCC(CC(=O)NC)CC1. The van der Waals surface area contributed by atoms with Gasteiger partial charge in [0.2, 0.25) is 5.91 Å². The first-order valence-corrected chi connectivity index (χ1v) is 9.53. The molecule has 0 atom stereocenters. The molecule has 1 fully saturated rings. The van der Waals surface area contributed by atoms with E-state index in [0.29, 0.717) is 41.3 Å². The summed E-state index contributed by atoms with van der Waals surface area (Å²) in [7, 11) is 3.45. The number of hydrogen-bond donors (Lipinski definition) is 2. The third kappa shape index (κ3) is 5.95. The number of hydrogen-bond acceptors (Lipinski definition) is 3. The zero-order valence-corrected chi connectivity index (χ0v) is 16.7. The number of carbonyl (C=O) groups excluding carboxylic acids is 1. The number of nitrogens with one attached hydrogen (secondary N) is 2. The predicted molar refractivity (Wildman–Crippen MR) is 106 cm³/mol. The highest BCUT2D eigenvalue weighted by molar-refractivity contribution is 6.42. The van der Waals surface area contributed by atoms with E-state index in [1.54, 1.807) is 32.3 Å². The molecule has 1 aliphatic heterocycles. The molecule has 26 heavy (non-hydrogen) atoms. The number of rotatable bonds is 6. The second kappa shape index (κ2) is 10.5. The average Bonchev–Trinajstić information content (AvgIpc) is 2.66. The third-order valence-electron chi connectivity index (χ3n) is 4.44. The zero-order chi connectivity index (χ0) is 18.9. The van der Waals surface area contributed by atoms with Crippen LogP contribution in [0, 0.1) is 5.92 Å². The Labute approximate surface area is 164 Å². The van der Waals surface area contributed by atoms with Gasteiger partial charge in [0, 0.05) is 33.6 Å². The quantitative estimate of drug-likeness (QED) is 0.437. The van der Waals surface area contributed by atoms with Crippen molar-refractivity contribution in [3.63, 3.8) is 0 Å². The van der Waals surface area contributed by atoms with Gasteiger partial charge < -0.3 is 20.3 Å². The second-order valence-corrected chi connectivity index (χ2v) is 6.97. The molecule has 1 aromatic rings. The van der Waals surface area contributed by atoms with Crippen molar-refractivity contribution in [1.29, 1.82) is 0 Å². The van der Waals surface area contributed by atoms with E-state index in [9.17, 15) is 4.79 Å². The topological polar surface area (TPSA) is 66.0 Å². The molecule has 8 heteroatoms. The first kappa shape index (κ1) is 20.6. The van der Waals surface area contributed by atoms with Crippen LogP contribution in [0.5, 0.6) is 5.75 Å². The molecule has 0 aliphatic carbocycles. The smallest absolute Gasteiger partial charge is 0.220 e. The molecule has 0 aromatic heterocycles. The number of carbonyl (C=O) groups is 1. The molecule has 0 saturated carbocycles. The van der Waals surface area contributed by atoms with Crippen molar-refractivity contribution in [2.24, 2.45) is 10.9 Å². The molecule has 2 rings (SSSR count). The molecule has 0 unspecified atom stereocenters. The maximum Gasteiger partial charge on any atom is 0.220 e. The minimum absolute atomic E-state index is 0.114. The van der Waals surface area contributed by atoms with Crippen molar-refractivity contribution < 1.29 is 9.53 Å². The molecule has 1 heterocycles. The van der Waals surface area contributed by atoms with Crippen LogP contribution < -0.4 is 15.4 Å². The Balaban J connectivity index is 1.73. The molecule has 1 aromatic carbocycles. The van der Waals surface area contributed by atoms with Crippen molar-refractivity contribution in [2.45, 2.75) is 19.3 Å². The fourth-order valence-corrected chi connectivity index (χ4v) is 3.31. The summed E-state index contributed by atoms with van der Waals surface area (Å²) in [5.74, 6) is 1.98. The van der Waals surface area contributed by atoms with Crippen LogP contribution in [-0.2, 0) is 4.79 Å². The van der Waals surface area contributed by atoms with Crippen molar-refractivity contribution >= 4 is 35.1 Å². The van der Waals surface area contributed by atoms with Crippen LogP contribution in [0.2, 0.25) is 10.0 Å². The molecule has 2 N–H and O–H groups in total. The third-order valence-corrected chi connectivity index (χ3v) is 5.24. The Hall–Kier alpha value is -1.66. The second-order valence-electron chi connectivity index (χ2n) is 6.18. The van der Waals surface area contributed by atoms with E-state index < -0.39 is 0 Å². The number of ether oxygens (including phenoxy) is 1. The molecule has 0 bridgehead atoms. The fourth-order valence-electron chi connectivity index (χ4n) is 2.96. The van der Waals surface area contributed by atoms with Gasteiger partial charge in [-0.15, -0.1) is 0 Å². The molecule has 1 aliphatic rings. The molecular weight excluding hydrogens is 375 g/mol. The number of amides is 1. The van der Waals surface area contributed by atoms with Crippen LogP contribution in [0.15, 0.2) is 23.2 Å². The van der Waals surface area contributed by atoms with Crippen molar-refractivity contribution in [1.82, 2.24) is 15.5 Å². The van der Waals surface area contributed by atoms with E-state index in [1.807, 2.05) is 0 Å². The fraction of sp³-hybridized carbons (Fsp3) is 0.556. The summed E-state index contributed by atoms with van der Waals surface area (Å²) >= 11 is 12.1. The maximum atomic E-state index is 11.5. The normalized spacial score (nSPS) is 15.7. The monoisotopic (exact) mass is 400 g/mol. The lowest BCUT2D eigenvalue weighted by Crippen LogP contribution is -2.46. The van der Waals surface area contributed by atoms with Crippen LogP contribution in [0.1, 0.15) is 19.3 Å². The van der Waals surface area contributed by atoms with Gasteiger partial charge in [-0.05, 0) is 30.9 Å². The number of benzene rings is 1. The van der Waals surface area contributed by atoms with E-state index in [2.05, 4.69) is 20.5 Å². The van der Waals surface area contributed by atoms with Gasteiger partial charge in [0.15, 0.2) is 5.96 Å². The van der Waals surface area contributed by atoms with Gasteiger partial charge in [0.1, 0.15) is 17.4 Å². The highest BCUT2D eigenvalue weighted by Crippen LogP contribution is 2.31. The van der Waals surface area contributed by atoms with Gasteiger partial charge in [-0.1, -0.05) is 29.3 Å². The van der Waals surface area contributed by atoms with Gasteiger partial charge in [-0.3, -0.25) is 9.79 Å². The number of nitrogens with zero attached hydrogens (tertiary/aromatic N) is 2. The maximum absolute atomic E-state index is 11.5. The summed E-state index contributed by atoms with van der Waals surface area (Å²) in [6.07, 6.45) is 2.58. The highest BCUT2D eigenvalue weighted by Gasteiger charge is 2.22. The Morgan fingerprint density at radius 1 is 1.35 bits per heavy atom. The van der Waals surface area contributed by atoms with E-state index in [-0.39, 0.29) is 5.91 Å². The minimum atomic E-state index is 0.114. The lowest BCUT2D eigenvalue weighted by Gasteiger charge is -2.34. The summed E-state index contributed by atoms with van der Waals surface area (Å²) < 4.78 is 5.68. The first-order valence-electron chi connectivity index (χ1n) is 8.78. The summed E-state index contributed by atoms with van der Waals surface area (Å²) in [4.78, 5) is 18.1. The van der Waals surface area contributed by atoms with Crippen LogP contribution in [0.25, 0.3) is 0 Å². The summed E-state index contributed by atoms with van der Waals surface area (Å²) in [6, 6.07) is 5.32. The molecule has 1 saturated heterocycles. The van der Waals surface area contributed by atoms with Gasteiger partial charge in [0.05, 0.1) is 11.6 Å². The number of aliphatic imine (C=N–C) groups is 1. The Kier molecular flexibility index (Phi) is 8.32. The van der Waals surface area contributed by atoms with E-state index in [1.165, 1.54) is 0 Å². The first-order chi connectivity index (χ1) is 12.5. The lowest BCUT2D eigenvalue weighted by molar-refractivity contribution is -0.121. The van der Waals surface area contributed by atoms with Crippen LogP contribution >= 0.6 is 23.2 Å². The van der Waals surface area contributed by atoms with Crippen LogP contribution in [0.3, 0.4) is 0 Å². The minimum Gasteiger partial charge on any atom is -0.490 e. The summed E-state index contributed by atoms with van der Waals surface area (Å²) in [5.41, 5.74) is 0. The zero-order valence-electron chi connectivity index (χ0n) is 15.2. The van der Waals surface area contributed by atoms with E-state index in [0.717, 1.165) is 31.9 Å². The van der Waals surface area contributed by atoms with Gasteiger partial charge >= 0.3 is 0 Å². The number of halogens is 2. The van der Waals surface area contributed by atoms with E-state index >= 15 is 0 Å². The Bertz CT molecular complexity index is 632. The van der Waals surface area contributed by atoms with Gasteiger partial charge in [-0.25, -0.2) is 0 Å². The molecule has 144 valence electrons. The van der Waals surface area contributed by atoms with Crippen molar-refractivity contribution in [2.75, 3.05) is 40.3 Å². The Morgan fingerprint density at radius 2 is 2.08 bits per heavy atom. The average molecular weight is 401 g/mol. The van der Waals surface area contributed by atoms with Crippen molar-refractivity contribution in [3.8, 4) is 5.75 Å². The standard InChI is InChI=1S/C18H26Cl2N4O2/c1-21-16(25)12-13-6-9-24(10-7-13)18(22-2)23-8-11-26-15-5-3-4-14(19)17(15)20/h3-5,13H,6-12H2,1-2H3,(H,21,25)(H,22,23). The largest absolute Gasteiger partial charge is 0.490 e. The van der Waals surface area contributed by atoms with Gasteiger partial charge in [0.25, 0.3) is 0 Å². The Morgan fingerprint density at radius 3 is 2.73 bits per heavy atom. The molecule has 0 radical (unpaired) electrons. The molecule has 0 spiro atoms. The van der Waals surface area contributed by atoms with Crippen LogP contribution in [-0.4, -0.2) is 57.1 Å². The number of piperidine rings is 1. The highest BCUT2D eigenvalue weighted by atomic mass is 35.5. The van der Waals surface area contributed by atoms with Crippen molar-refractivity contribution in [3.05, 3.63) is 28.2 Å². The van der Waals surface area contributed by atoms with E-state index in [4.69, 9.17) is 27.9 Å². The van der Waals surface area contributed by atoms with Gasteiger partial charge in [-0.2, -0.15) is 0 Å². The molecule has 1 amide bonds. The number of guanidine groups is 1. The summed E-state index contributed by atoms with van der Waals surface area (Å²) in [6.45, 7) is 2.84. The molecule has 6 nitrogen and oxygen atoms in total. The molecular formula is C18H26Cl2N4O2. The number of likely N-dealkylation sites (tertiary alicyclic amines) is 1. The lowest BCUT2D eigenvalue weighted by atomic mass is 9.93.